The monoisotopic (exact) mass is 681 g/mol. The topological polar surface area (TPSA) is 94.9 Å². The van der Waals surface area contributed by atoms with Crippen molar-refractivity contribution >= 4 is 27.4 Å². The first kappa shape index (κ1) is 35.4. The van der Waals surface area contributed by atoms with Crippen molar-refractivity contribution < 1.29 is 27.8 Å². The minimum atomic E-state index is -3.69. The Labute approximate surface area is 283 Å². The molecule has 2 N–H and O–H groups in total. The molecule has 0 unspecified atom stereocenters. The van der Waals surface area contributed by atoms with E-state index < -0.39 is 33.0 Å². The molecule has 3 aliphatic carbocycles. The Balaban J connectivity index is 1.60. The van der Waals surface area contributed by atoms with Crippen LogP contribution in [0.5, 0.6) is 0 Å². The molecule has 1 fully saturated rings. The van der Waals surface area contributed by atoms with E-state index in [1.165, 1.54) is 22.7 Å². The van der Waals surface area contributed by atoms with Crippen LogP contribution >= 0.6 is 11.6 Å². The molecule has 0 heterocycles. The molecule has 0 spiro atoms. The third-order valence-electron chi connectivity index (χ3n) is 10.5. The fourth-order valence-corrected chi connectivity index (χ4v) is 8.63. The Hall–Kier alpha value is -2.88. The summed E-state index contributed by atoms with van der Waals surface area (Å²) >= 11 is 6.33. The highest BCUT2D eigenvalue weighted by molar-refractivity contribution is 7.88. The van der Waals surface area contributed by atoms with Gasteiger partial charge >= 0.3 is 0 Å². The molecule has 6 nitrogen and oxygen atoms in total. The lowest BCUT2D eigenvalue weighted by Crippen LogP contribution is -2.53. The number of carbonyl (C=O) groups is 1. The summed E-state index contributed by atoms with van der Waals surface area (Å²) in [5, 5.41) is 23.7. The molecule has 9 heteroatoms. The zero-order valence-corrected chi connectivity index (χ0v) is 29.0. The van der Waals surface area contributed by atoms with Crippen LogP contribution in [0.4, 0.5) is 4.39 Å². The zero-order valence-electron chi connectivity index (χ0n) is 27.4. The average molecular weight is 682 g/mol. The normalized spacial score (nSPS) is 25.3. The molecule has 0 aromatic heterocycles. The van der Waals surface area contributed by atoms with Crippen LogP contribution in [0.25, 0.3) is 0 Å². The summed E-state index contributed by atoms with van der Waals surface area (Å²) in [6.45, 7) is 4.10. The van der Waals surface area contributed by atoms with Gasteiger partial charge in [0.1, 0.15) is 5.82 Å². The highest BCUT2D eigenvalue weighted by atomic mass is 35.5. The molecular weight excluding hydrogens is 637 g/mol. The first-order valence-electron chi connectivity index (χ1n) is 16.3. The lowest BCUT2D eigenvalue weighted by molar-refractivity contribution is -0.0731. The van der Waals surface area contributed by atoms with Gasteiger partial charge in [-0.05, 0) is 92.7 Å². The summed E-state index contributed by atoms with van der Waals surface area (Å²) < 4.78 is 42.5. The van der Waals surface area contributed by atoms with Gasteiger partial charge in [0.25, 0.3) is 0 Å². The van der Waals surface area contributed by atoms with Gasteiger partial charge in [0.2, 0.25) is 10.0 Å². The van der Waals surface area contributed by atoms with E-state index in [4.69, 9.17) is 11.6 Å². The molecule has 47 heavy (non-hydrogen) atoms. The van der Waals surface area contributed by atoms with E-state index in [0.717, 1.165) is 22.3 Å². The van der Waals surface area contributed by atoms with E-state index in [0.29, 0.717) is 50.5 Å². The average Bonchev–Trinajstić information content (AvgIpc) is 3.26. The van der Waals surface area contributed by atoms with Crippen LogP contribution in [0.2, 0.25) is 5.02 Å². The number of nitrogens with zero attached hydrogens (tertiary/aromatic N) is 1. The second kappa shape index (κ2) is 14.3. The summed E-state index contributed by atoms with van der Waals surface area (Å²) in [4.78, 5) is 14.1. The maximum Gasteiger partial charge on any atom is 0.211 e. The quantitative estimate of drug-likeness (QED) is 0.191. The van der Waals surface area contributed by atoms with Gasteiger partial charge in [0, 0.05) is 41.1 Å². The van der Waals surface area contributed by atoms with Crippen molar-refractivity contribution in [2.24, 2.45) is 5.41 Å². The van der Waals surface area contributed by atoms with Crippen molar-refractivity contribution in [3.05, 3.63) is 117 Å². The number of ketones is 1. The predicted octanol–water partition coefficient (Wildman–Crippen LogP) is 7.40. The van der Waals surface area contributed by atoms with Crippen LogP contribution in [0.15, 0.2) is 78.4 Å². The van der Waals surface area contributed by atoms with Gasteiger partial charge in [-0.25, -0.2) is 12.8 Å². The second-order valence-electron chi connectivity index (χ2n) is 13.8. The molecule has 252 valence electrons. The maximum absolute atomic E-state index is 14.8. The molecule has 1 saturated carbocycles. The van der Waals surface area contributed by atoms with Gasteiger partial charge in [0.05, 0.1) is 18.0 Å². The van der Waals surface area contributed by atoms with E-state index in [-0.39, 0.29) is 41.8 Å². The number of halogens is 2. The van der Waals surface area contributed by atoms with Gasteiger partial charge < -0.3 is 10.2 Å². The predicted molar refractivity (Wildman–Crippen MR) is 185 cm³/mol. The van der Waals surface area contributed by atoms with Crippen LogP contribution in [-0.2, 0) is 29.4 Å². The molecule has 3 aromatic carbocycles. The third kappa shape index (κ3) is 7.89. The zero-order chi connectivity index (χ0) is 34.0. The first-order valence-corrected chi connectivity index (χ1v) is 18.6. The van der Waals surface area contributed by atoms with Crippen LogP contribution in [0.3, 0.4) is 0 Å². The van der Waals surface area contributed by atoms with Gasteiger partial charge in [-0.1, -0.05) is 78.7 Å². The van der Waals surface area contributed by atoms with Crippen LogP contribution in [0, 0.1) is 11.2 Å². The smallest absolute Gasteiger partial charge is 0.211 e. The fourth-order valence-electron chi connectivity index (χ4n) is 7.57. The van der Waals surface area contributed by atoms with Crippen molar-refractivity contribution in [2.75, 3.05) is 12.8 Å². The molecule has 0 amide bonds. The summed E-state index contributed by atoms with van der Waals surface area (Å²) in [6, 6.07) is 19.3. The van der Waals surface area contributed by atoms with Gasteiger partial charge in [-0.3, -0.25) is 4.79 Å². The van der Waals surface area contributed by atoms with Crippen molar-refractivity contribution in [1.29, 1.82) is 0 Å². The number of hydrogen-bond donors (Lipinski definition) is 2. The number of rotatable bonds is 8. The van der Waals surface area contributed by atoms with Gasteiger partial charge in [-0.15, -0.1) is 0 Å². The summed E-state index contributed by atoms with van der Waals surface area (Å²) in [6.07, 6.45) is 6.17. The Bertz CT molecular complexity index is 1730. The van der Waals surface area contributed by atoms with E-state index in [1.54, 1.807) is 12.1 Å². The standard InChI is InChI=1S/C38H45ClFNO5S/c1-26-9-8-19-37(2)33(18-20-38(37,44)25-41(47(3,45)46)24-27-10-5-4-6-11-27)30-17-15-28(21-29(42)16-14-26)22-31(30)36(43)23-32-34(39)12-7-13-35(32)40/h4-7,9-13,15,17,22,29,33,42,44H,8,14,16,18-21,23-25H2,1-3H3/t29-,33-,37-,38+/m0/s1. The Morgan fingerprint density at radius 3 is 2.51 bits per heavy atom. The molecule has 3 aliphatic rings. The van der Waals surface area contributed by atoms with E-state index in [2.05, 4.69) is 6.08 Å². The van der Waals surface area contributed by atoms with Crippen molar-refractivity contribution in [3.8, 4) is 0 Å². The number of allylic oxidation sites excluding steroid dienone is 2. The number of Topliss-reactive ketones (excluding diaryl/α,β-unsaturated/α-hetero) is 1. The number of carbonyl (C=O) groups excluding carboxylic acids is 1. The largest absolute Gasteiger partial charge is 0.393 e. The fraction of sp³-hybridized carbons (Fsp3) is 0.447. The minimum Gasteiger partial charge on any atom is -0.393 e. The van der Waals surface area contributed by atoms with Crippen molar-refractivity contribution in [1.82, 2.24) is 4.31 Å². The van der Waals surface area contributed by atoms with Crippen molar-refractivity contribution in [2.45, 2.75) is 89.4 Å². The van der Waals surface area contributed by atoms with Crippen LogP contribution < -0.4 is 0 Å². The van der Waals surface area contributed by atoms with Crippen molar-refractivity contribution in [3.63, 3.8) is 0 Å². The number of fused-ring (bicyclic) bond motifs is 8. The lowest BCUT2D eigenvalue weighted by atomic mass is 9.64. The molecule has 6 rings (SSSR count). The molecule has 0 aliphatic heterocycles. The number of benzene rings is 3. The Morgan fingerprint density at radius 1 is 1.06 bits per heavy atom. The summed E-state index contributed by atoms with van der Waals surface area (Å²) in [5.41, 5.74) is 1.83. The van der Waals surface area contributed by atoms with Crippen LogP contribution in [0.1, 0.15) is 90.9 Å². The molecule has 4 atom stereocenters. The highest BCUT2D eigenvalue weighted by Crippen LogP contribution is 2.59. The SMILES string of the molecule is CC1=CCC[C@@]2(C)[C@@H](CC[C@@]2(O)CN(Cc2ccccc2)S(C)(=O)=O)c2ccc(cc2C(=O)Cc2c(F)cccc2Cl)C[C@@H](O)CC1. The molecule has 0 radical (unpaired) electrons. The Kier molecular flexibility index (Phi) is 10.8. The summed E-state index contributed by atoms with van der Waals surface area (Å²) in [7, 11) is -3.69. The van der Waals surface area contributed by atoms with Gasteiger partial charge in [0.15, 0.2) is 5.78 Å². The molecular formula is C38H45ClFNO5S. The minimum absolute atomic E-state index is 0.0885. The number of hydrogen-bond acceptors (Lipinski definition) is 5. The van der Waals surface area contributed by atoms with E-state index >= 15 is 0 Å². The summed E-state index contributed by atoms with van der Waals surface area (Å²) in [5.74, 6) is -1.15. The third-order valence-corrected chi connectivity index (χ3v) is 12.0. The number of aliphatic hydroxyl groups excluding tert-OH is 1. The van der Waals surface area contributed by atoms with Crippen LogP contribution in [-0.4, -0.2) is 53.2 Å². The number of sulfonamides is 1. The lowest BCUT2D eigenvalue weighted by Gasteiger charge is -2.45. The van der Waals surface area contributed by atoms with Gasteiger partial charge in [-0.2, -0.15) is 4.31 Å². The maximum atomic E-state index is 14.8. The second-order valence-corrected chi connectivity index (χ2v) is 16.2. The number of aliphatic hydroxyl groups is 2. The molecule has 3 aromatic rings. The van der Waals surface area contributed by atoms with E-state index in [1.807, 2.05) is 56.3 Å². The first-order chi connectivity index (χ1) is 22.2. The molecule has 2 bridgehead atoms. The highest BCUT2D eigenvalue weighted by Gasteiger charge is 2.57. The molecule has 0 saturated heterocycles. The van der Waals surface area contributed by atoms with E-state index in [9.17, 15) is 27.8 Å². The Morgan fingerprint density at radius 2 is 1.81 bits per heavy atom.